The van der Waals surface area contributed by atoms with E-state index in [0.29, 0.717) is 12.3 Å². The zero-order valence-electron chi connectivity index (χ0n) is 11.3. The summed E-state index contributed by atoms with van der Waals surface area (Å²) < 4.78 is 0. The highest BCUT2D eigenvalue weighted by molar-refractivity contribution is 5.78. The maximum absolute atomic E-state index is 9.51. The minimum atomic E-state index is 0.319. The molecule has 1 heterocycles. The summed E-state index contributed by atoms with van der Waals surface area (Å²) in [6.07, 6.45) is 0. The Hall–Kier alpha value is -2.55. The Morgan fingerprint density at radius 1 is 1.05 bits per heavy atom. The zero-order valence-corrected chi connectivity index (χ0v) is 11.3. The van der Waals surface area contributed by atoms with Crippen LogP contribution < -0.4 is 5.32 Å². The third-order valence-electron chi connectivity index (χ3n) is 3.33. The number of aromatic nitrogens is 1. The van der Waals surface area contributed by atoms with Crippen molar-refractivity contribution < 1.29 is 5.11 Å². The lowest BCUT2D eigenvalue weighted by molar-refractivity contribution is 0.471. The van der Waals surface area contributed by atoms with Crippen molar-refractivity contribution >= 4 is 16.6 Å². The Morgan fingerprint density at radius 3 is 2.75 bits per heavy atom. The molecule has 0 saturated carbocycles. The summed E-state index contributed by atoms with van der Waals surface area (Å²) >= 11 is 0. The number of rotatable bonds is 3. The van der Waals surface area contributed by atoms with E-state index in [1.54, 1.807) is 6.07 Å². The number of nitrogens with one attached hydrogen (secondary N) is 1. The summed E-state index contributed by atoms with van der Waals surface area (Å²) in [6, 6.07) is 17.7. The van der Waals surface area contributed by atoms with Crippen molar-refractivity contribution in [2.75, 3.05) is 5.32 Å². The average Bonchev–Trinajstić information content (AvgIpc) is 2.48. The van der Waals surface area contributed by atoms with Gasteiger partial charge < -0.3 is 10.4 Å². The van der Waals surface area contributed by atoms with Crippen LogP contribution in [-0.4, -0.2) is 10.1 Å². The molecule has 0 aliphatic rings. The highest BCUT2D eigenvalue weighted by atomic mass is 16.3. The van der Waals surface area contributed by atoms with Gasteiger partial charge in [0, 0.05) is 11.1 Å². The summed E-state index contributed by atoms with van der Waals surface area (Å²) in [6.45, 7) is 2.55. The van der Waals surface area contributed by atoms with Gasteiger partial charge in [0.05, 0.1) is 17.8 Å². The Labute approximate surface area is 117 Å². The molecular weight excluding hydrogens is 248 g/mol. The van der Waals surface area contributed by atoms with Crippen molar-refractivity contribution in [1.82, 2.24) is 4.98 Å². The summed E-state index contributed by atoms with van der Waals surface area (Å²) in [7, 11) is 0. The van der Waals surface area contributed by atoms with E-state index in [0.717, 1.165) is 27.8 Å². The van der Waals surface area contributed by atoms with Gasteiger partial charge >= 0.3 is 0 Å². The van der Waals surface area contributed by atoms with Crippen LogP contribution in [-0.2, 0) is 6.54 Å². The number of para-hydroxylation sites is 1. The van der Waals surface area contributed by atoms with E-state index in [4.69, 9.17) is 0 Å². The zero-order chi connectivity index (χ0) is 13.9. The number of hydrogen-bond donors (Lipinski definition) is 2. The molecule has 3 rings (SSSR count). The molecule has 100 valence electrons. The van der Waals surface area contributed by atoms with Crippen LogP contribution in [0.5, 0.6) is 5.75 Å². The van der Waals surface area contributed by atoms with Crippen LogP contribution in [0.2, 0.25) is 0 Å². The first kappa shape index (κ1) is 12.5. The van der Waals surface area contributed by atoms with Crippen LogP contribution in [0.25, 0.3) is 10.9 Å². The maximum atomic E-state index is 9.51. The van der Waals surface area contributed by atoms with Gasteiger partial charge in [-0.25, -0.2) is 0 Å². The topological polar surface area (TPSA) is 45.2 Å². The number of pyridine rings is 1. The number of hydrogen-bond acceptors (Lipinski definition) is 3. The fraction of sp³-hybridized carbons (Fsp3) is 0.118. The standard InChI is InChI=1S/C17H16N2O/c1-12-10-14(8-9-17(12)20)18-11-15-7-6-13-4-2-3-5-16(13)19-15/h2-10,18,20H,11H2,1H3. The molecule has 2 aromatic carbocycles. The Bertz CT molecular complexity index is 753. The van der Waals surface area contributed by atoms with E-state index >= 15 is 0 Å². The first-order valence-corrected chi connectivity index (χ1v) is 6.60. The van der Waals surface area contributed by atoms with Gasteiger partial charge in [0.1, 0.15) is 5.75 Å². The SMILES string of the molecule is Cc1cc(NCc2ccc3ccccc3n2)ccc1O. The monoisotopic (exact) mass is 264 g/mol. The number of aryl methyl sites for hydroxylation is 1. The van der Waals surface area contributed by atoms with E-state index in [2.05, 4.69) is 22.4 Å². The van der Waals surface area contributed by atoms with E-state index < -0.39 is 0 Å². The molecule has 3 nitrogen and oxygen atoms in total. The summed E-state index contributed by atoms with van der Waals surface area (Å²) in [5.74, 6) is 0.319. The molecule has 0 unspecified atom stereocenters. The summed E-state index contributed by atoms with van der Waals surface area (Å²) in [5.41, 5.74) is 3.85. The van der Waals surface area contributed by atoms with Crippen molar-refractivity contribution in [2.45, 2.75) is 13.5 Å². The van der Waals surface area contributed by atoms with Gasteiger partial charge in [-0.15, -0.1) is 0 Å². The highest BCUT2D eigenvalue weighted by Gasteiger charge is 2.00. The van der Waals surface area contributed by atoms with Crippen molar-refractivity contribution in [3.63, 3.8) is 0 Å². The smallest absolute Gasteiger partial charge is 0.118 e. The quantitative estimate of drug-likeness (QED) is 0.706. The van der Waals surface area contributed by atoms with Gasteiger partial charge in [-0.3, -0.25) is 4.98 Å². The number of phenolic OH excluding ortho intramolecular Hbond substituents is 1. The Kier molecular flexibility index (Phi) is 3.25. The molecule has 20 heavy (non-hydrogen) atoms. The minimum Gasteiger partial charge on any atom is -0.508 e. The lowest BCUT2D eigenvalue weighted by Crippen LogP contribution is -2.01. The second kappa shape index (κ2) is 5.21. The number of aromatic hydroxyl groups is 1. The van der Waals surface area contributed by atoms with Crippen molar-refractivity contribution in [3.05, 3.63) is 65.9 Å². The molecule has 0 bridgehead atoms. The van der Waals surface area contributed by atoms with Crippen LogP contribution in [0.15, 0.2) is 54.6 Å². The van der Waals surface area contributed by atoms with E-state index in [-0.39, 0.29) is 0 Å². The summed E-state index contributed by atoms with van der Waals surface area (Å²) in [4.78, 5) is 4.62. The number of phenols is 1. The second-order valence-electron chi connectivity index (χ2n) is 4.85. The summed E-state index contributed by atoms with van der Waals surface area (Å²) in [5, 5.41) is 14.0. The predicted octanol–water partition coefficient (Wildman–Crippen LogP) is 3.86. The average molecular weight is 264 g/mol. The lowest BCUT2D eigenvalue weighted by atomic mass is 10.2. The molecule has 0 atom stereocenters. The molecule has 0 fully saturated rings. The van der Waals surface area contributed by atoms with E-state index in [9.17, 15) is 5.11 Å². The van der Waals surface area contributed by atoms with Gasteiger partial charge in [0.25, 0.3) is 0 Å². The number of nitrogens with zero attached hydrogens (tertiary/aromatic N) is 1. The lowest BCUT2D eigenvalue weighted by Gasteiger charge is -2.08. The van der Waals surface area contributed by atoms with Crippen LogP contribution in [0.4, 0.5) is 5.69 Å². The van der Waals surface area contributed by atoms with Gasteiger partial charge in [-0.1, -0.05) is 24.3 Å². The van der Waals surface area contributed by atoms with Gasteiger partial charge in [-0.2, -0.15) is 0 Å². The molecule has 2 N–H and O–H groups in total. The van der Waals surface area contributed by atoms with E-state index in [1.807, 2.05) is 43.3 Å². The molecular formula is C17H16N2O. The number of fused-ring (bicyclic) bond motifs is 1. The largest absolute Gasteiger partial charge is 0.508 e. The molecule has 0 aliphatic carbocycles. The van der Waals surface area contributed by atoms with Crippen molar-refractivity contribution in [2.24, 2.45) is 0 Å². The van der Waals surface area contributed by atoms with Gasteiger partial charge in [-0.05, 0) is 42.8 Å². The van der Waals surface area contributed by atoms with Gasteiger partial charge in [0.2, 0.25) is 0 Å². The number of benzene rings is 2. The number of anilines is 1. The maximum Gasteiger partial charge on any atom is 0.118 e. The molecule has 0 amide bonds. The molecule has 1 aromatic heterocycles. The molecule has 0 aliphatic heterocycles. The normalized spacial score (nSPS) is 10.7. The van der Waals surface area contributed by atoms with Crippen LogP contribution >= 0.6 is 0 Å². The third-order valence-corrected chi connectivity index (χ3v) is 3.33. The second-order valence-corrected chi connectivity index (χ2v) is 4.85. The van der Waals surface area contributed by atoms with Gasteiger partial charge in [0.15, 0.2) is 0 Å². The fourth-order valence-corrected chi connectivity index (χ4v) is 2.16. The third kappa shape index (κ3) is 2.57. The van der Waals surface area contributed by atoms with Crippen LogP contribution in [0, 0.1) is 6.92 Å². The first-order chi connectivity index (χ1) is 9.72. The Morgan fingerprint density at radius 2 is 1.90 bits per heavy atom. The molecule has 0 spiro atoms. The predicted molar refractivity (Wildman–Crippen MR) is 81.9 cm³/mol. The van der Waals surface area contributed by atoms with Crippen LogP contribution in [0.3, 0.4) is 0 Å². The van der Waals surface area contributed by atoms with Crippen molar-refractivity contribution in [3.8, 4) is 5.75 Å². The van der Waals surface area contributed by atoms with E-state index in [1.165, 1.54) is 0 Å². The minimum absolute atomic E-state index is 0.319. The Balaban J connectivity index is 1.77. The highest BCUT2D eigenvalue weighted by Crippen LogP contribution is 2.20. The molecule has 0 saturated heterocycles. The van der Waals surface area contributed by atoms with Crippen molar-refractivity contribution in [1.29, 1.82) is 0 Å². The first-order valence-electron chi connectivity index (χ1n) is 6.60. The molecule has 0 radical (unpaired) electrons. The molecule has 3 heteroatoms. The molecule has 3 aromatic rings. The van der Waals surface area contributed by atoms with Crippen LogP contribution in [0.1, 0.15) is 11.3 Å². The fourth-order valence-electron chi connectivity index (χ4n) is 2.16.